The van der Waals surface area contributed by atoms with Gasteiger partial charge in [-0.15, -0.1) is 0 Å². The van der Waals surface area contributed by atoms with Crippen molar-refractivity contribution in [3.8, 4) is 11.5 Å². The van der Waals surface area contributed by atoms with Crippen molar-refractivity contribution in [2.75, 3.05) is 0 Å². The van der Waals surface area contributed by atoms with Crippen LogP contribution in [0.2, 0.25) is 0 Å². The first-order valence-electron chi connectivity index (χ1n) is 5.99. The summed E-state index contributed by atoms with van der Waals surface area (Å²) in [5.41, 5.74) is 1.23. The summed E-state index contributed by atoms with van der Waals surface area (Å²) in [6.07, 6.45) is 1.36. The molecule has 0 aliphatic heterocycles. The highest BCUT2D eigenvalue weighted by molar-refractivity contribution is 5.41. The first-order valence-corrected chi connectivity index (χ1v) is 5.99. The quantitative estimate of drug-likeness (QED) is 0.754. The molecule has 1 aromatic rings. The molecule has 1 rings (SSSR count). The normalized spacial score (nSPS) is 10.9. The van der Waals surface area contributed by atoms with E-state index in [1.165, 1.54) is 5.56 Å². The van der Waals surface area contributed by atoms with Gasteiger partial charge in [0.25, 0.3) is 0 Å². The van der Waals surface area contributed by atoms with E-state index in [1.807, 2.05) is 39.8 Å². The molecule has 90 valence electrons. The predicted octanol–water partition coefficient (Wildman–Crippen LogP) is 3.82. The van der Waals surface area contributed by atoms with Crippen LogP contribution in [0.3, 0.4) is 0 Å². The predicted molar refractivity (Wildman–Crippen MR) is 67.3 cm³/mol. The van der Waals surface area contributed by atoms with Gasteiger partial charge in [-0.2, -0.15) is 0 Å². The molecule has 16 heavy (non-hydrogen) atoms. The molecule has 0 bridgehead atoms. The molecule has 0 fully saturated rings. The van der Waals surface area contributed by atoms with Crippen molar-refractivity contribution in [2.24, 2.45) is 0 Å². The number of hydrogen-bond acceptors (Lipinski definition) is 2. The van der Waals surface area contributed by atoms with Gasteiger partial charge in [-0.25, -0.2) is 0 Å². The van der Waals surface area contributed by atoms with Crippen molar-refractivity contribution in [2.45, 2.75) is 53.2 Å². The molecule has 2 nitrogen and oxygen atoms in total. The largest absolute Gasteiger partial charge is 0.491 e. The van der Waals surface area contributed by atoms with E-state index in [2.05, 4.69) is 13.0 Å². The van der Waals surface area contributed by atoms with Crippen molar-refractivity contribution in [1.29, 1.82) is 0 Å². The fraction of sp³-hybridized carbons (Fsp3) is 0.571. The van der Waals surface area contributed by atoms with E-state index in [0.717, 1.165) is 17.9 Å². The van der Waals surface area contributed by atoms with Gasteiger partial charge in [0.2, 0.25) is 0 Å². The number of aryl methyl sites for hydroxylation is 1. The summed E-state index contributed by atoms with van der Waals surface area (Å²) < 4.78 is 11.4. The molecule has 0 atom stereocenters. The van der Waals surface area contributed by atoms with Crippen LogP contribution >= 0.6 is 0 Å². The van der Waals surface area contributed by atoms with Gasteiger partial charge < -0.3 is 9.47 Å². The second-order valence-electron chi connectivity index (χ2n) is 4.46. The third kappa shape index (κ3) is 3.76. The van der Waals surface area contributed by atoms with Crippen LogP contribution in [0.1, 0.15) is 40.2 Å². The summed E-state index contributed by atoms with van der Waals surface area (Å²) in [4.78, 5) is 0. The Balaban J connectivity index is 2.91. The minimum Gasteiger partial charge on any atom is -0.491 e. The Hall–Kier alpha value is -1.18. The Morgan fingerprint density at radius 1 is 1.00 bits per heavy atom. The molecule has 0 heterocycles. The molecule has 0 aromatic heterocycles. The van der Waals surface area contributed by atoms with E-state index in [1.54, 1.807) is 0 Å². The lowest BCUT2D eigenvalue weighted by Crippen LogP contribution is -2.09. The summed E-state index contributed by atoms with van der Waals surface area (Å²) in [7, 11) is 0. The summed E-state index contributed by atoms with van der Waals surface area (Å²) in [5, 5.41) is 0. The summed E-state index contributed by atoms with van der Waals surface area (Å²) in [6.45, 7) is 10.3. The van der Waals surface area contributed by atoms with Crippen LogP contribution in [0.15, 0.2) is 18.2 Å². The first kappa shape index (κ1) is 12.9. The minimum absolute atomic E-state index is 0.194. The molecule has 0 saturated heterocycles. The second kappa shape index (κ2) is 5.78. The van der Waals surface area contributed by atoms with Crippen LogP contribution in [-0.4, -0.2) is 12.2 Å². The third-order valence-electron chi connectivity index (χ3n) is 2.15. The van der Waals surface area contributed by atoms with Crippen molar-refractivity contribution in [3.05, 3.63) is 23.8 Å². The molecule has 0 radical (unpaired) electrons. The maximum atomic E-state index is 5.78. The lowest BCUT2D eigenvalue weighted by molar-refractivity contribution is 0.227. The van der Waals surface area contributed by atoms with E-state index < -0.39 is 0 Å². The monoisotopic (exact) mass is 222 g/mol. The summed E-state index contributed by atoms with van der Waals surface area (Å²) >= 11 is 0. The van der Waals surface area contributed by atoms with Crippen molar-refractivity contribution < 1.29 is 9.47 Å². The maximum Gasteiger partial charge on any atom is 0.126 e. The van der Waals surface area contributed by atoms with Gasteiger partial charge in [-0.1, -0.05) is 13.0 Å². The molecule has 0 aliphatic rings. The standard InChI is InChI=1S/C14H22O2/c1-6-12-7-8-13(15-10(2)3)9-14(12)16-11(4)5/h7-11H,6H2,1-5H3. The van der Waals surface area contributed by atoms with Crippen molar-refractivity contribution in [1.82, 2.24) is 0 Å². The lowest BCUT2D eigenvalue weighted by Gasteiger charge is -2.16. The van der Waals surface area contributed by atoms with Gasteiger partial charge in [0.15, 0.2) is 0 Å². The smallest absolute Gasteiger partial charge is 0.126 e. The highest BCUT2D eigenvalue weighted by Crippen LogP contribution is 2.26. The van der Waals surface area contributed by atoms with Crippen LogP contribution in [0.5, 0.6) is 11.5 Å². The topological polar surface area (TPSA) is 18.5 Å². The molecule has 0 amide bonds. The Kier molecular flexibility index (Phi) is 4.66. The van der Waals surface area contributed by atoms with Gasteiger partial charge in [-0.3, -0.25) is 0 Å². The van der Waals surface area contributed by atoms with Gasteiger partial charge in [0.05, 0.1) is 12.2 Å². The summed E-state index contributed by atoms with van der Waals surface area (Å²) in [5.74, 6) is 1.82. The van der Waals surface area contributed by atoms with Gasteiger partial charge >= 0.3 is 0 Å². The average molecular weight is 222 g/mol. The van der Waals surface area contributed by atoms with Crippen LogP contribution in [0.4, 0.5) is 0 Å². The van der Waals surface area contributed by atoms with Crippen LogP contribution in [-0.2, 0) is 6.42 Å². The highest BCUT2D eigenvalue weighted by atomic mass is 16.5. The molecular weight excluding hydrogens is 200 g/mol. The molecular formula is C14H22O2. The van der Waals surface area contributed by atoms with E-state index >= 15 is 0 Å². The van der Waals surface area contributed by atoms with Gasteiger partial charge in [0.1, 0.15) is 11.5 Å². The fourth-order valence-corrected chi connectivity index (χ4v) is 1.54. The lowest BCUT2D eigenvalue weighted by atomic mass is 10.1. The van der Waals surface area contributed by atoms with E-state index in [9.17, 15) is 0 Å². The Morgan fingerprint density at radius 2 is 1.62 bits per heavy atom. The maximum absolute atomic E-state index is 5.78. The number of hydrogen-bond donors (Lipinski definition) is 0. The van der Waals surface area contributed by atoms with Crippen LogP contribution in [0.25, 0.3) is 0 Å². The molecule has 1 aromatic carbocycles. The molecule has 0 saturated carbocycles. The van der Waals surface area contributed by atoms with Crippen molar-refractivity contribution >= 4 is 0 Å². The Morgan fingerprint density at radius 3 is 2.12 bits per heavy atom. The Labute approximate surface area is 98.6 Å². The zero-order valence-electron chi connectivity index (χ0n) is 10.9. The third-order valence-corrected chi connectivity index (χ3v) is 2.15. The molecule has 2 heteroatoms. The highest BCUT2D eigenvalue weighted by Gasteiger charge is 2.07. The van der Waals surface area contributed by atoms with E-state index in [4.69, 9.17) is 9.47 Å². The molecule has 0 spiro atoms. The first-order chi connectivity index (χ1) is 7.52. The molecule has 0 aliphatic carbocycles. The molecule has 0 unspecified atom stereocenters. The van der Waals surface area contributed by atoms with E-state index in [-0.39, 0.29) is 12.2 Å². The van der Waals surface area contributed by atoms with Gasteiger partial charge in [0, 0.05) is 6.07 Å². The van der Waals surface area contributed by atoms with Crippen LogP contribution < -0.4 is 9.47 Å². The second-order valence-corrected chi connectivity index (χ2v) is 4.46. The molecule has 0 N–H and O–H groups in total. The Bertz CT molecular complexity index is 330. The average Bonchev–Trinajstić information content (AvgIpc) is 2.16. The fourth-order valence-electron chi connectivity index (χ4n) is 1.54. The van der Waals surface area contributed by atoms with E-state index in [0.29, 0.717) is 0 Å². The zero-order valence-corrected chi connectivity index (χ0v) is 10.9. The minimum atomic E-state index is 0.194. The zero-order chi connectivity index (χ0) is 12.1. The number of benzene rings is 1. The van der Waals surface area contributed by atoms with Crippen LogP contribution in [0, 0.1) is 0 Å². The SMILES string of the molecule is CCc1ccc(OC(C)C)cc1OC(C)C. The van der Waals surface area contributed by atoms with Gasteiger partial charge in [-0.05, 0) is 45.7 Å². The number of ether oxygens (including phenoxy) is 2. The van der Waals surface area contributed by atoms with Crippen molar-refractivity contribution in [3.63, 3.8) is 0 Å². The number of rotatable bonds is 5. The summed E-state index contributed by atoms with van der Waals surface area (Å²) in [6, 6.07) is 6.07.